The normalized spacial score (nSPS) is 17.8. The van der Waals surface area contributed by atoms with Crippen molar-refractivity contribution in [3.8, 4) is 11.5 Å². The Morgan fingerprint density at radius 1 is 1.16 bits per heavy atom. The second-order valence-electron chi connectivity index (χ2n) is 8.84. The zero-order valence-electron chi connectivity index (χ0n) is 17.9. The lowest BCUT2D eigenvalue weighted by atomic mass is 9.97. The highest BCUT2D eigenvalue weighted by atomic mass is 16.4. The lowest BCUT2D eigenvalue weighted by molar-refractivity contribution is -0.143. The number of carboxylic acids is 1. The van der Waals surface area contributed by atoms with Crippen LogP contribution in [0, 0.1) is 12.8 Å². The van der Waals surface area contributed by atoms with Crippen LogP contribution in [0.15, 0.2) is 21.7 Å². The predicted molar refractivity (Wildman–Crippen MR) is 119 cm³/mol. The van der Waals surface area contributed by atoms with Crippen LogP contribution >= 0.6 is 0 Å². The van der Waals surface area contributed by atoms with Crippen LogP contribution in [0.5, 0.6) is 0 Å². The quantitative estimate of drug-likeness (QED) is 0.490. The Balaban J connectivity index is 1.54. The first kappa shape index (κ1) is 20.6. The molecule has 3 N–H and O–H groups in total. The Hall–Kier alpha value is -3.27. The smallest absolute Gasteiger partial charge is 0.349 e. The summed E-state index contributed by atoms with van der Waals surface area (Å²) in [7, 11) is 0. The molecule has 3 aliphatic heterocycles. The molecule has 0 spiro atoms. The number of aryl methyl sites for hydroxylation is 1. The Labute approximate surface area is 183 Å². The van der Waals surface area contributed by atoms with Gasteiger partial charge in [-0.3, -0.25) is 14.6 Å². The molecule has 0 bridgehead atoms. The van der Waals surface area contributed by atoms with Crippen LogP contribution in [-0.4, -0.2) is 61.2 Å². The van der Waals surface area contributed by atoms with Crippen LogP contribution in [-0.2, 0) is 11.3 Å². The van der Waals surface area contributed by atoms with E-state index in [2.05, 4.69) is 25.2 Å². The van der Waals surface area contributed by atoms with E-state index in [1.165, 1.54) is 0 Å². The first-order chi connectivity index (χ1) is 15.4. The summed E-state index contributed by atoms with van der Waals surface area (Å²) in [6, 6.07) is 4.47. The van der Waals surface area contributed by atoms with E-state index in [0.29, 0.717) is 50.6 Å². The minimum Gasteiger partial charge on any atom is -0.481 e. The number of rotatable bonds is 6. The van der Waals surface area contributed by atoms with Crippen molar-refractivity contribution in [3.63, 3.8) is 0 Å². The molecule has 10 heteroatoms. The van der Waals surface area contributed by atoms with Crippen LogP contribution in [0.1, 0.15) is 31.2 Å². The monoisotopic (exact) mass is 438 g/mol. The summed E-state index contributed by atoms with van der Waals surface area (Å²) in [5.41, 5.74) is 2.45. The fourth-order valence-electron chi connectivity index (χ4n) is 4.42. The minimum atomic E-state index is -0.734. The molecule has 2 fully saturated rings. The molecule has 1 aliphatic carbocycles. The molecule has 0 atom stereocenters. The van der Waals surface area contributed by atoms with Gasteiger partial charge in [-0.2, -0.15) is 4.98 Å². The lowest BCUT2D eigenvalue weighted by Gasteiger charge is -2.30. The molecule has 3 heterocycles. The Morgan fingerprint density at radius 2 is 1.91 bits per heavy atom. The number of hydrogen-bond acceptors (Lipinski definition) is 7. The number of carbonyl (C=O) groups is 1. The van der Waals surface area contributed by atoms with Crippen molar-refractivity contribution in [1.82, 2.24) is 24.4 Å². The maximum Gasteiger partial charge on any atom is 0.349 e. The zero-order valence-corrected chi connectivity index (χ0v) is 17.9. The van der Waals surface area contributed by atoms with Crippen molar-refractivity contribution in [2.45, 2.75) is 45.2 Å². The number of aromatic nitrogens is 4. The number of fused-ring (bicyclic) bond motifs is 2. The van der Waals surface area contributed by atoms with Gasteiger partial charge < -0.3 is 19.9 Å². The second kappa shape index (κ2) is 8.01. The zero-order chi connectivity index (χ0) is 22.4. The molecule has 1 saturated carbocycles. The van der Waals surface area contributed by atoms with E-state index >= 15 is 0 Å². The molecule has 0 aromatic heterocycles. The van der Waals surface area contributed by atoms with E-state index in [-0.39, 0.29) is 17.4 Å². The molecule has 5 rings (SSSR count). The third-order valence-corrected chi connectivity index (χ3v) is 6.47. The number of nitrogens with one attached hydrogen (secondary N) is 2. The van der Waals surface area contributed by atoms with E-state index in [9.17, 15) is 19.5 Å². The van der Waals surface area contributed by atoms with E-state index < -0.39 is 17.2 Å². The number of hydrogen-bond donors (Lipinski definition) is 3. The standard InChI is InChI=1S/C22H26N6O4/c1-12-10-16-17(11-15(12)23-14-2-3-14)28(19-18(24-16)20(29)26-22(32)25-19)9-8-27-6-4-13(5-7-27)21(30)31/h10-11,13-14,23H,2-9H2,1H3,(H,30,31)(H,26,29,32). The van der Waals surface area contributed by atoms with Crippen molar-refractivity contribution >= 4 is 22.7 Å². The molecule has 1 saturated heterocycles. The van der Waals surface area contributed by atoms with Gasteiger partial charge in [0.1, 0.15) is 0 Å². The molecule has 0 unspecified atom stereocenters. The van der Waals surface area contributed by atoms with E-state index in [0.717, 1.165) is 29.6 Å². The highest BCUT2D eigenvalue weighted by Gasteiger charge is 2.26. The van der Waals surface area contributed by atoms with Crippen molar-refractivity contribution in [1.29, 1.82) is 0 Å². The van der Waals surface area contributed by atoms with Crippen molar-refractivity contribution < 1.29 is 9.90 Å². The lowest BCUT2D eigenvalue weighted by Crippen LogP contribution is -2.38. The first-order valence-corrected chi connectivity index (χ1v) is 11.1. The molecular formula is C22H26N6O4. The summed E-state index contributed by atoms with van der Waals surface area (Å²) in [6.45, 7) is 4.58. The van der Waals surface area contributed by atoms with Gasteiger partial charge in [-0.25, -0.2) is 9.78 Å². The van der Waals surface area contributed by atoms with Crippen LogP contribution in [0.25, 0.3) is 22.6 Å². The van der Waals surface area contributed by atoms with Crippen molar-refractivity contribution in [2.24, 2.45) is 5.92 Å². The molecular weight excluding hydrogens is 412 g/mol. The van der Waals surface area contributed by atoms with Crippen LogP contribution in [0.3, 0.4) is 0 Å². The van der Waals surface area contributed by atoms with Gasteiger partial charge in [-0.1, -0.05) is 0 Å². The molecule has 1 aromatic carbocycles. The van der Waals surface area contributed by atoms with Gasteiger partial charge in [0, 0.05) is 24.8 Å². The average Bonchev–Trinajstić information content (AvgIpc) is 3.57. The SMILES string of the molecule is Cc1cc2nc3c(=O)[nH]c(=O)nc-3n(CCN3CCC(C(=O)O)CC3)c2cc1NC1CC1. The van der Waals surface area contributed by atoms with Crippen LogP contribution < -0.4 is 16.6 Å². The summed E-state index contributed by atoms with van der Waals surface area (Å²) in [5, 5.41) is 12.8. The number of aromatic amines is 1. The van der Waals surface area contributed by atoms with Gasteiger partial charge >= 0.3 is 11.7 Å². The fraction of sp³-hybridized carbons (Fsp3) is 0.500. The molecule has 10 nitrogen and oxygen atoms in total. The topological polar surface area (TPSA) is 133 Å². The number of nitrogens with zero attached hydrogens (tertiary/aromatic N) is 4. The predicted octanol–water partition coefficient (Wildman–Crippen LogP) is 1.26. The molecule has 32 heavy (non-hydrogen) atoms. The number of aliphatic carboxylic acids is 1. The third-order valence-electron chi connectivity index (χ3n) is 6.47. The number of anilines is 1. The third kappa shape index (κ3) is 3.97. The number of piperidine rings is 1. The van der Waals surface area contributed by atoms with Crippen LogP contribution in [0.4, 0.5) is 5.69 Å². The Morgan fingerprint density at radius 3 is 2.59 bits per heavy atom. The van der Waals surface area contributed by atoms with Gasteiger partial charge in [0.2, 0.25) is 0 Å². The number of likely N-dealkylation sites (tertiary alicyclic amines) is 1. The van der Waals surface area contributed by atoms with Crippen molar-refractivity contribution in [2.75, 3.05) is 25.0 Å². The maximum absolute atomic E-state index is 12.5. The molecule has 0 radical (unpaired) electrons. The average molecular weight is 438 g/mol. The molecule has 168 valence electrons. The summed E-state index contributed by atoms with van der Waals surface area (Å²) in [6.07, 6.45) is 3.54. The summed E-state index contributed by atoms with van der Waals surface area (Å²) in [4.78, 5) is 48.7. The molecule has 1 aromatic rings. The van der Waals surface area contributed by atoms with Gasteiger partial charge in [0.25, 0.3) is 5.56 Å². The van der Waals surface area contributed by atoms with Gasteiger partial charge in [-0.05, 0) is 63.4 Å². The Bertz CT molecular complexity index is 1270. The number of H-pyrrole nitrogens is 1. The van der Waals surface area contributed by atoms with Gasteiger partial charge in [-0.15, -0.1) is 0 Å². The van der Waals surface area contributed by atoms with Crippen LogP contribution in [0.2, 0.25) is 0 Å². The minimum absolute atomic E-state index is 0.143. The van der Waals surface area contributed by atoms with E-state index in [4.69, 9.17) is 0 Å². The Kier molecular flexibility index (Phi) is 5.16. The maximum atomic E-state index is 12.5. The summed E-state index contributed by atoms with van der Waals surface area (Å²) >= 11 is 0. The fourth-order valence-corrected chi connectivity index (χ4v) is 4.42. The summed E-state index contributed by atoms with van der Waals surface area (Å²) < 4.78 is 1.90. The summed E-state index contributed by atoms with van der Waals surface area (Å²) in [5.74, 6) is -0.751. The van der Waals surface area contributed by atoms with Crippen molar-refractivity contribution in [3.05, 3.63) is 38.5 Å². The molecule has 0 amide bonds. The molecule has 4 aliphatic rings. The first-order valence-electron chi connectivity index (χ1n) is 11.1. The highest BCUT2D eigenvalue weighted by Crippen LogP contribution is 2.31. The largest absolute Gasteiger partial charge is 0.481 e. The highest BCUT2D eigenvalue weighted by molar-refractivity contribution is 5.84. The van der Waals surface area contributed by atoms with Gasteiger partial charge in [0.05, 0.1) is 17.0 Å². The van der Waals surface area contributed by atoms with E-state index in [1.54, 1.807) is 0 Å². The van der Waals surface area contributed by atoms with Gasteiger partial charge in [0.15, 0.2) is 11.5 Å². The van der Waals surface area contributed by atoms with E-state index in [1.807, 2.05) is 23.6 Å². The second-order valence-corrected chi connectivity index (χ2v) is 8.84. The number of benzene rings is 1. The number of carboxylic acid groups (broad SMARTS) is 1.